The second kappa shape index (κ2) is 6.02. The van der Waals surface area contributed by atoms with E-state index in [1.54, 1.807) is 13.0 Å². The van der Waals surface area contributed by atoms with Crippen LogP contribution in [0.3, 0.4) is 0 Å². The Labute approximate surface area is 99.6 Å². The number of aromatic hydroxyl groups is 1. The first-order chi connectivity index (χ1) is 7.98. The summed E-state index contributed by atoms with van der Waals surface area (Å²) in [6.07, 6.45) is 0.607. The van der Waals surface area contributed by atoms with Gasteiger partial charge in [-0.3, -0.25) is 9.42 Å². The molecule has 1 atom stereocenters. The molecular weight excluding hydrogens is 245 g/mol. The Balaban J connectivity index is 2.82. The number of phenols is 1. The first-order valence-corrected chi connectivity index (χ1v) is 6.67. The van der Waals surface area contributed by atoms with Crippen LogP contribution in [-0.4, -0.2) is 23.2 Å². The van der Waals surface area contributed by atoms with Gasteiger partial charge >= 0.3 is 7.82 Å². The molecule has 6 nitrogen and oxygen atoms in total. The number of phosphoric ester groups is 1. The Morgan fingerprint density at radius 2 is 2.18 bits per heavy atom. The summed E-state index contributed by atoms with van der Waals surface area (Å²) in [7, 11) is -4.16. The van der Waals surface area contributed by atoms with Crippen molar-refractivity contribution in [3.8, 4) is 11.5 Å². The molecule has 0 heterocycles. The smallest absolute Gasteiger partial charge is 0.504 e. The molecule has 4 N–H and O–H groups in total. The highest BCUT2D eigenvalue weighted by Crippen LogP contribution is 2.46. The van der Waals surface area contributed by atoms with Crippen molar-refractivity contribution in [2.24, 2.45) is 5.73 Å². The molecule has 0 amide bonds. The monoisotopic (exact) mass is 261 g/mol. The van der Waals surface area contributed by atoms with Gasteiger partial charge in [0.25, 0.3) is 0 Å². The zero-order valence-corrected chi connectivity index (χ0v) is 10.4. The average Bonchev–Trinajstić information content (AvgIpc) is 2.22. The van der Waals surface area contributed by atoms with Gasteiger partial charge in [0.1, 0.15) is 0 Å². The van der Waals surface area contributed by atoms with Gasteiger partial charge < -0.3 is 15.4 Å². The van der Waals surface area contributed by atoms with Crippen LogP contribution in [0.2, 0.25) is 0 Å². The molecule has 0 bridgehead atoms. The summed E-state index contributed by atoms with van der Waals surface area (Å²) in [4.78, 5) is 9.24. The molecule has 17 heavy (non-hydrogen) atoms. The molecule has 0 spiro atoms. The summed E-state index contributed by atoms with van der Waals surface area (Å²) in [6, 6.07) is 4.50. The van der Waals surface area contributed by atoms with Crippen molar-refractivity contribution < 1.29 is 23.6 Å². The number of hydrogen-bond acceptors (Lipinski definition) is 5. The van der Waals surface area contributed by atoms with E-state index in [0.717, 1.165) is 5.56 Å². The zero-order chi connectivity index (χ0) is 12.9. The van der Waals surface area contributed by atoms with Crippen molar-refractivity contribution >= 4 is 7.82 Å². The Hall–Kier alpha value is -1.07. The van der Waals surface area contributed by atoms with E-state index >= 15 is 0 Å². The van der Waals surface area contributed by atoms with Gasteiger partial charge in [0.2, 0.25) is 0 Å². The van der Waals surface area contributed by atoms with E-state index in [1.807, 2.05) is 0 Å². The molecule has 0 aromatic heterocycles. The van der Waals surface area contributed by atoms with E-state index in [9.17, 15) is 14.6 Å². The van der Waals surface area contributed by atoms with E-state index in [2.05, 4.69) is 4.52 Å². The van der Waals surface area contributed by atoms with Crippen molar-refractivity contribution in [2.45, 2.75) is 13.3 Å². The highest BCUT2D eigenvalue weighted by Gasteiger charge is 2.23. The van der Waals surface area contributed by atoms with Crippen LogP contribution in [0.4, 0.5) is 0 Å². The van der Waals surface area contributed by atoms with Gasteiger partial charge in [-0.15, -0.1) is 0 Å². The van der Waals surface area contributed by atoms with E-state index in [1.165, 1.54) is 12.1 Å². The topological polar surface area (TPSA) is 102 Å². The summed E-state index contributed by atoms with van der Waals surface area (Å²) >= 11 is 0. The zero-order valence-electron chi connectivity index (χ0n) is 9.50. The van der Waals surface area contributed by atoms with Gasteiger partial charge in [0.05, 0.1) is 6.61 Å². The van der Waals surface area contributed by atoms with Gasteiger partial charge in [-0.2, -0.15) is 0 Å². The number of nitrogens with two attached hydrogens (primary N) is 1. The molecule has 1 unspecified atom stereocenters. The maximum atomic E-state index is 11.3. The number of rotatable bonds is 6. The van der Waals surface area contributed by atoms with Crippen molar-refractivity contribution in [1.29, 1.82) is 0 Å². The van der Waals surface area contributed by atoms with E-state index < -0.39 is 7.82 Å². The maximum absolute atomic E-state index is 11.3. The highest BCUT2D eigenvalue weighted by atomic mass is 31.2. The second-order valence-electron chi connectivity index (χ2n) is 3.32. The van der Waals surface area contributed by atoms with E-state index in [0.29, 0.717) is 13.0 Å². The Morgan fingerprint density at radius 1 is 1.47 bits per heavy atom. The number of hydrogen-bond donors (Lipinski definition) is 3. The van der Waals surface area contributed by atoms with Crippen LogP contribution in [0.5, 0.6) is 11.5 Å². The number of phosphoric acid groups is 1. The molecule has 0 saturated carbocycles. The normalized spacial score (nSPS) is 14.3. The van der Waals surface area contributed by atoms with Crippen molar-refractivity contribution in [1.82, 2.24) is 0 Å². The van der Waals surface area contributed by atoms with Crippen LogP contribution in [0.1, 0.15) is 12.5 Å². The lowest BCUT2D eigenvalue weighted by Gasteiger charge is -2.13. The summed E-state index contributed by atoms with van der Waals surface area (Å²) in [5, 5.41) is 9.60. The fourth-order valence-electron chi connectivity index (χ4n) is 1.28. The predicted molar refractivity (Wildman–Crippen MR) is 62.9 cm³/mol. The van der Waals surface area contributed by atoms with Crippen LogP contribution in [0.25, 0.3) is 0 Å². The molecule has 1 rings (SSSR count). The van der Waals surface area contributed by atoms with Crippen molar-refractivity contribution in [3.05, 3.63) is 23.8 Å². The van der Waals surface area contributed by atoms with Crippen molar-refractivity contribution in [2.75, 3.05) is 13.2 Å². The van der Waals surface area contributed by atoms with Gasteiger partial charge in [0, 0.05) is 0 Å². The first kappa shape index (κ1) is 14.0. The summed E-state index contributed by atoms with van der Waals surface area (Å²) in [5.41, 5.74) is 6.19. The molecule has 0 aliphatic carbocycles. The fraction of sp³-hybridized carbons (Fsp3) is 0.400. The molecular formula is C10H16NO5P. The SMILES string of the molecule is CCOP(=O)(O)Oc1ccc(CCN)cc1O. The summed E-state index contributed by atoms with van der Waals surface area (Å²) < 4.78 is 20.6. The minimum absolute atomic E-state index is 0.0415. The second-order valence-corrected chi connectivity index (χ2v) is 4.70. The lowest BCUT2D eigenvalue weighted by Crippen LogP contribution is -2.02. The van der Waals surface area contributed by atoms with E-state index in [4.69, 9.17) is 10.3 Å². The third-order valence-electron chi connectivity index (χ3n) is 1.96. The minimum Gasteiger partial charge on any atom is -0.504 e. The lowest BCUT2D eigenvalue weighted by atomic mass is 10.1. The van der Waals surface area contributed by atoms with Crippen LogP contribution in [0.15, 0.2) is 18.2 Å². The predicted octanol–water partition coefficient (Wildman–Crippen LogP) is 1.41. The summed E-state index contributed by atoms with van der Waals surface area (Å²) in [6.45, 7) is 2.06. The van der Waals surface area contributed by atoms with Crippen LogP contribution in [0, 0.1) is 0 Å². The lowest BCUT2D eigenvalue weighted by molar-refractivity contribution is 0.210. The highest BCUT2D eigenvalue weighted by molar-refractivity contribution is 7.47. The van der Waals surface area contributed by atoms with Gasteiger partial charge in [-0.25, -0.2) is 4.57 Å². The van der Waals surface area contributed by atoms with Crippen LogP contribution in [-0.2, 0) is 15.5 Å². The third kappa shape index (κ3) is 4.36. The molecule has 0 radical (unpaired) electrons. The average molecular weight is 261 g/mol. The standard InChI is InChI=1S/C10H16NO5P/c1-2-15-17(13,14)16-10-4-3-8(5-6-11)7-9(10)12/h3-4,7,12H,2,5-6,11H2,1H3,(H,13,14). The molecule has 0 fully saturated rings. The van der Waals surface area contributed by atoms with Gasteiger partial charge in [-0.1, -0.05) is 6.07 Å². The number of phenolic OH excluding ortho intramolecular Hbond substituents is 1. The van der Waals surface area contributed by atoms with Crippen LogP contribution >= 0.6 is 7.82 Å². The molecule has 7 heteroatoms. The Kier molecular flexibility index (Phi) is 4.96. The largest absolute Gasteiger partial charge is 0.527 e. The van der Waals surface area contributed by atoms with E-state index in [-0.39, 0.29) is 18.1 Å². The van der Waals surface area contributed by atoms with Crippen LogP contribution < -0.4 is 10.3 Å². The molecule has 1 aromatic carbocycles. The van der Waals surface area contributed by atoms with Gasteiger partial charge in [0.15, 0.2) is 11.5 Å². The Morgan fingerprint density at radius 3 is 2.71 bits per heavy atom. The Bertz CT molecular complexity index is 423. The maximum Gasteiger partial charge on any atom is 0.527 e. The summed E-state index contributed by atoms with van der Waals surface area (Å²) in [5.74, 6) is -0.310. The quantitative estimate of drug-likeness (QED) is 0.669. The fourth-order valence-corrected chi connectivity index (χ4v) is 2.06. The first-order valence-electron chi connectivity index (χ1n) is 5.17. The minimum atomic E-state index is -4.16. The van der Waals surface area contributed by atoms with Crippen molar-refractivity contribution in [3.63, 3.8) is 0 Å². The molecule has 0 aliphatic rings. The molecule has 1 aromatic rings. The molecule has 0 saturated heterocycles. The number of benzene rings is 1. The molecule has 0 aliphatic heterocycles. The third-order valence-corrected chi connectivity index (χ3v) is 2.97. The van der Waals surface area contributed by atoms with Gasteiger partial charge in [-0.05, 0) is 37.6 Å². The molecule has 96 valence electrons.